The van der Waals surface area contributed by atoms with Gasteiger partial charge in [-0.15, -0.1) is 0 Å². The first-order valence-corrected chi connectivity index (χ1v) is 7.07. The lowest BCUT2D eigenvalue weighted by atomic mass is 10.0. The Labute approximate surface area is 124 Å². The summed E-state index contributed by atoms with van der Waals surface area (Å²) < 4.78 is 15.7. The van der Waals surface area contributed by atoms with Gasteiger partial charge in [-0.2, -0.15) is 0 Å². The van der Waals surface area contributed by atoms with Crippen LogP contribution in [0.15, 0.2) is 30.3 Å². The Hall–Kier alpha value is -1.88. The summed E-state index contributed by atoms with van der Waals surface area (Å²) in [6, 6.07) is 9.25. The number of carbonyl (C=O) groups excluding carboxylic acids is 2. The lowest BCUT2D eigenvalue weighted by Gasteiger charge is -2.16. The molecule has 21 heavy (non-hydrogen) atoms. The molecular formula is C16H20O5. The van der Waals surface area contributed by atoms with Crippen LogP contribution in [0.2, 0.25) is 0 Å². The standard InChI is InChI=1S/C16H20O5/c1-4-20-14(17)12-13(15(18)21-5-2)16(12,19-3)11-9-7-6-8-10-11/h6-10,12-13H,4-5H2,1-3H3. The topological polar surface area (TPSA) is 61.8 Å². The summed E-state index contributed by atoms with van der Waals surface area (Å²) in [5.41, 5.74) is -0.205. The fourth-order valence-electron chi connectivity index (χ4n) is 2.88. The van der Waals surface area contributed by atoms with Gasteiger partial charge in [0.1, 0.15) is 17.4 Å². The predicted molar refractivity (Wildman–Crippen MR) is 75.4 cm³/mol. The Bertz CT molecular complexity index is 487. The maximum absolute atomic E-state index is 12.2. The zero-order valence-electron chi connectivity index (χ0n) is 12.5. The van der Waals surface area contributed by atoms with Crippen molar-refractivity contribution in [3.8, 4) is 0 Å². The lowest BCUT2D eigenvalue weighted by molar-refractivity contribution is -0.150. The van der Waals surface area contributed by atoms with Gasteiger partial charge in [-0.3, -0.25) is 9.59 Å². The highest BCUT2D eigenvalue weighted by molar-refractivity contribution is 5.91. The molecule has 5 heteroatoms. The second kappa shape index (κ2) is 6.26. The van der Waals surface area contributed by atoms with Gasteiger partial charge in [0.05, 0.1) is 13.2 Å². The average molecular weight is 292 g/mol. The van der Waals surface area contributed by atoms with Crippen LogP contribution < -0.4 is 0 Å². The first-order valence-electron chi connectivity index (χ1n) is 7.07. The van der Waals surface area contributed by atoms with Gasteiger partial charge < -0.3 is 14.2 Å². The molecule has 114 valence electrons. The van der Waals surface area contributed by atoms with Crippen LogP contribution in [-0.4, -0.2) is 32.3 Å². The Kier molecular flexibility index (Phi) is 4.63. The monoisotopic (exact) mass is 292 g/mol. The summed E-state index contributed by atoms with van der Waals surface area (Å²) in [5.74, 6) is -2.18. The first-order chi connectivity index (χ1) is 10.1. The largest absolute Gasteiger partial charge is 0.466 e. The minimum atomic E-state index is -0.986. The maximum Gasteiger partial charge on any atom is 0.313 e. The third kappa shape index (κ3) is 2.53. The van der Waals surface area contributed by atoms with Crippen molar-refractivity contribution >= 4 is 11.9 Å². The van der Waals surface area contributed by atoms with Gasteiger partial charge >= 0.3 is 11.9 Å². The number of ether oxygens (including phenoxy) is 3. The molecule has 0 radical (unpaired) electrons. The van der Waals surface area contributed by atoms with E-state index in [1.165, 1.54) is 7.11 Å². The fourth-order valence-corrected chi connectivity index (χ4v) is 2.88. The van der Waals surface area contributed by atoms with Crippen molar-refractivity contribution in [1.82, 2.24) is 0 Å². The van der Waals surface area contributed by atoms with Crippen molar-refractivity contribution in [1.29, 1.82) is 0 Å². The average Bonchev–Trinajstić information content (AvgIpc) is 3.19. The number of carbonyl (C=O) groups is 2. The molecule has 0 saturated heterocycles. The van der Waals surface area contributed by atoms with E-state index in [-0.39, 0.29) is 13.2 Å². The first kappa shape index (κ1) is 15.5. The lowest BCUT2D eigenvalue weighted by Crippen LogP contribution is -2.20. The number of benzene rings is 1. The van der Waals surface area contributed by atoms with E-state index in [0.29, 0.717) is 0 Å². The van der Waals surface area contributed by atoms with E-state index in [9.17, 15) is 9.59 Å². The van der Waals surface area contributed by atoms with E-state index >= 15 is 0 Å². The number of hydrogen-bond donors (Lipinski definition) is 0. The SMILES string of the molecule is CCOC(=O)C1C(C(=O)OCC)C1(OC)c1ccccc1. The molecule has 1 aliphatic carbocycles. The smallest absolute Gasteiger partial charge is 0.313 e. The van der Waals surface area contributed by atoms with Crippen LogP contribution in [0, 0.1) is 11.8 Å². The second-order valence-electron chi connectivity index (χ2n) is 4.82. The minimum absolute atomic E-state index is 0.263. The predicted octanol–water partition coefficient (Wildman–Crippen LogP) is 1.90. The summed E-state index contributed by atoms with van der Waals surface area (Å²) in [6.07, 6.45) is 0. The van der Waals surface area contributed by atoms with Crippen LogP contribution in [0.4, 0.5) is 0 Å². The molecule has 0 bridgehead atoms. The molecule has 0 spiro atoms. The third-order valence-corrected chi connectivity index (χ3v) is 3.79. The van der Waals surface area contributed by atoms with E-state index in [1.54, 1.807) is 13.8 Å². The minimum Gasteiger partial charge on any atom is -0.466 e. The van der Waals surface area contributed by atoms with Crippen molar-refractivity contribution in [3.63, 3.8) is 0 Å². The van der Waals surface area contributed by atoms with Crippen molar-refractivity contribution in [3.05, 3.63) is 35.9 Å². The molecule has 2 atom stereocenters. The third-order valence-electron chi connectivity index (χ3n) is 3.79. The molecule has 1 aliphatic rings. The van der Waals surface area contributed by atoms with Gasteiger partial charge in [-0.25, -0.2) is 0 Å². The van der Waals surface area contributed by atoms with Crippen LogP contribution in [0.25, 0.3) is 0 Å². The maximum atomic E-state index is 12.2. The molecular weight excluding hydrogens is 272 g/mol. The van der Waals surface area contributed by atoms with Gasteiger partial charge in [-0.05, 0) is 19.4 Å². The van der Waals surface area contributed by atoms with Crippen LogP contribution in [-0.2, 0) is 29.4 Å². The molecule has 0 heterocycles. The van der Waals surface area contributed by atoms with Crippen molar-refractivity contribution < 1.29 is 23.8 Å². The molecule has 1 aromatic rings. The van der Waals surface area contributed by atoms with Gasteiger partial charge in [-0.1, -0.05) is 30.3 Å². The van der Waals surface area contributed by atoms with Crippen molar-refractivity contribution in [2.45, 2.75) is 19.4 Å². The highest BCUT2D eigenvalue weighted by Crippen LogP contribution is 2.61. The van der Waals surface area contributed by atoms with Crippen LogP contribution in [0.5, 0.6) is 0 Å². The molecule has 2 unspecified atom stereocenters. The molecule has 5 nitrogen and oxygen atoms in total. The molecule has 0 amide bonds. The van der Waals surface area contributed by atoms with Gasteiger partial charge in [0.15, 0.2) is 0 Å². The van der Waals surface area contributed by atoms with Crippen LogP contribution in [0.1, 0.15) is 19.4 Å². The molecule has 2 rings (SSSR count). The zero-order valence-corrected chi connectivity index (χ0v) is 12.5. The zero-order chi connectivity index (χ0) is 15.5. The second-order valence-corrected chi connectivity index (χ2v) is 4.82. The Morgan fingerprint density at radius 3 is 1.86 bits per heavy atom. The fraction of sp³-hybridized carbons (Fsp3) is 0.500. The Morgan fingerprint density at radius 2 is 1.48 bits per heavy atom. The quantitative estimate of drug-likeness (QED) is 0.749. The van der Waals surface area contributed by atoms with E-state index in [1.807, 2.05) is 30.3 Å². The number of esters is 2. The van der Waals surface area contributed by atoms with Gasteiger partial charge in [0.2, 0.25) is 0 Å². The molecule has 0 N–H and O–H groups in total. The highest BCUT2D eigenvalue weighted by atomic mass is 16.6. The Balaban J connectivity index is 2.36. The molecule has 0 aromatic heterocycles. The summed E-state index contributed by atoms with van der Waals surface area (Å²) >= 11 is 0. The van der Waals surface area contributed by atoms with Gasteiger partial charge in [0, 0.05) is 7.11 Å². The van der Waals surface area contributed by atoms with E-state index < -0.39 is 29.4 Å². The van der Waals surface area contributed by atoms with Crippen molar-refractivity contribution in [2.24, 2.45) is 11.8 Å². The van der Waals surface area contributed by atoms with E-state index in [4.69, 9.17) is 14.2 Å². The highest BCUT2D eigenvalue weighted by Gasteiger charge is 2.75. The molecule has 0 aliphatic heterocycles. The Morgan fingerprint density at radius 1 is 1.00 bits per heavy atom. The van der Waals surface area contributed by atoms with Crippen LogP contribution >= 0.6 is 0 Å². The number of hydrogen-bond acceptors (Lipinski definition) is 5. The molecule has 1 saturated carbocycles. The van der Waals surface area contributed by atoms with Crippen LogP contribution in [0.3, 0.4) is 0 Å². The normalized spacial score (nSPS) is 27.0. The van der Waals surface area contributed by atoms with Gasteiger partial charge in [0.25, 0.3) is 0 Å². The summed E-state index contributed by atoms with van der Waals surface area (Å²) in [5, 5.41) is 0. The summed E-state index contributed by atoms with van der Waals surface area (Å²) in [7, 11) is 1.50. The van der Waals surface area contributed by atoms with Crippen molar-refractivity contribution in [2.75, 3.05) is 20.3 Å². The molecule has 1 aromatic carbocycles. The number of methoxy groups -OCH3 is 1. The van der Waals surface area contributed by atoms with E-state index in [2.05, 4.69) is 0 Å². The summed E-state index contributed by atoms with van der Waals surface area (Å²) in [4.78, 5) is 24.3. The molecule has 1 fully saturated rings. The number of rotatable bonds is 6. The summed E-state index contributed by atoms with van der Waals surface area (Å²) in [6.45, 7) is 3.99. The van der Waals surface area contributed by atoms with E-state index in [0.717, 1.165) is 5.56 Å².